The summed E-state index contributed by atoms with van der Waals surface area (Å²) in [7, 11) is 3.84. The van der Waals surface area contributed by atoms with Gasteiger partial charge in [-0.2, -0.15) is 0 Å². The van der Waals surface area contributed by atoms with Crippen molar-refractivity contribution in [1.29, 1.82) is 0 Å². The molecule has 2 heterocycles. The summed E-state index contributed by atoms with van der Waals surface area (Å²) in [6, 6.07) is 4.16. The average molecular weight is 287 g/mol. The van der Waals surface area contributed by atoms with E-state index in [1.54, 1.807) is 7.11 Å². The number of ether oxygens (including phenoxy) is 2. The molecule has 21 heavy (non-hydrogen) atoms. The normalized spacial score (nSPS) is 33.9. The largest absolute Gasteiger partial charge is 0.493 e. The lowest BCUT2D eigenvalue weighted by molar-refractivity contribution is 0.0821. The van der Waals surface area contributed by atoms with E-state index in [9.17, 15) is 5.11 Å². The summed E-state index contributed by atoms with van der Waals surface area (Å²) in [6.45, 7) is 1.96. The van der Waals surface area contributed by atoms with Crippen LogP contribution in [0, 0.1) is 0 Å². The first kappa shape index (κ1) is 13.2. The summed E-state index contributed by atoms with van der Waals surface area (Å²) < 4.78 is 11.8. The lowest BCUT2D eigenvalue weighted by Crippen LogP contribution is -2.42. The highest BCUT2D eigenvalue weighted by molar-refractivity contribution is 5.60. The molecule has 4 nitrogen and oxygen atoms in total. The molecule has 0 saturated carbocycles. The van der Waals surface area contributed by atoms with Crippen LogP contribution in [-0.2, 0) is 12.0 Å². The maximum atomic E-state index is 9.97. The maximum Gasteiger partial charge on any atom is 0.166 e. The van der Waals surface area contributed by atoms with Crippen LogP contribution in [0.2, 0.25) is 0 Å². The molecule has 2 aliphatic heterocycles. The van der Waals surface area contributed by atoms with E-state index in [0.717, 1.165) is 31.0 Å². The van der Waals surface area contributed by atoms with Crippen LogP contribution in [0.3, 0.4) is 0 Å². The number of rotatable bonds is 1. The molecule has 1 aliphatic carbocycles. The number of benzene rings is 1. The quantitative estimate of drug-likeness (QED) is 0.801. The Morgan fingerprint density at radius 2 is 2.29 bits per heavy atom. The van der Waals surface area contributed by atoms with Crippen molar-refractivity contribution >= 4 is 0 Å². The van der Waals surface area contributed by atoms with Crippen LogP contribution in [0.4, 0.5) is 0 Å². The summed E-state index contributed by atoms with van der Waals surface area (Å²) in [5.74, 6) is 1.68. The Labute approximate surface area is 125 Å². The third-order valence-electron chi connectivity index (χ3n) is 5.15. The third-order valence-corrected chi connectivity index (χ3v) is 5.15. The lowest BCUT2D eigenvalue weighted by atomic mass is 9.69. The van der Waals surface area contributed by atoms with Gasteiger partial charge in [-0.1, -0.05) is 18.2 Å². The average Bonchev–Trinajstić information content (AvgIpc) is 2.72. The van der Waals surface area contributed by atoms with Crippen molar-refractivity contribution in [2.45, 2.75) is 37.0 Å². The van der Waals surface area contributed by atoms with Gasteiger partial charge in [-0.05, 0) is 31.6 Å². The summed E-state index contributed by atoms with van der Waals surface area (Å²) in [4.78, 5) is 2.35. The van der Waals surface area contributed by atoms with Gasteiger partial charge in [-0.3, -0.25) is 0 Å². The Bertz CT molecular complexity index is 612. The van der Waals surface area contributed by atoms with Gasteiger partial charge in [0.05, 0.1) is 18.6 Å². The van der Waals surface area contributed by atoms with Gasteiger partial charge in [0, 0.05) is 18.5 Å². The molecular formula is C17H21NO3. The summed E-state index contributed by atoms with van der Waals surface area (Å²) in [5, 5.41) is 9.97. The van der Waals surface area contributed by atoms with Crippen molar-refractivity contribution < 1.29 is 14.6 Å². The van der Waals surface area contributed by atoms with E-state index in [1.807, 2.05) is 12.1 Å². The van der Waals surface area contributed by atoms with Crippen LogP contribution in [-0.4, -0.2) is 42.9 Å². The van der Waals surface area contributed by atoms with Gasteiger partial charge in [0.2, 0.25) is 0 Å². The fourth-order valence-corrected chi connectivity index (χ4v) is 4.08. The third kappa shape index (κ3) is 1.75. The van der Waals surface area contributed by atoms with Gasteiger partial charge in [-0.15, -0.1) is 0 Å². The SMILES string of the molecule is COc1ccc2c3c1OC1CC(O)C=C[C@]31CCN(C)C2. The Hall–Kier alpha value is -1.52. The molecule has 1 N–H and O–H groups in total. The van der Waals surface area contributed by atoms with Crippen LogP contribution in [0.25, 0.3) is 0 Å². The zero-order valence-electron chi connectivity index (χ0n) is 12.5. The highest BCUT2D eigenvalue weighted by Gasteiger charge is 2.52. The predicted octanol–water partition coefficient (Wildman–Crippen LogP) is 1.85. The van der Waals surface area contributed by atoms with Crippen molar-refractivity contribution in [2.24, 2.45) is 0 Å². The van der Waals surface area contributed by atoms with Crippen molar-refractivity contribution in [3.8, 4) is 11.5 Å². The predicted molar refractivity (Wildman–Crippen MR) is 79.8 cm³/mol. The van der Waals surface area contributed by atoms with E-state index in [1.165, 1.54) is 11.1 Å². The van der Waals surface area contributed by atoms with Crippen LogP contribution in [0.1, 0.15) is 24.0 Å². The fraction of sp³-hybridized carbons (Fsp3) is 0.529. The number of aliphatic hydroxyl groups is 1. The van der Waals surface area contributed by atoms with E-state index in [4.69, 9.17) is 9.47 Å². The van der Waals surface area contributed by atoms with Gasteiger partial charge >= 0.3 is 0 Å². The number of methoxy groups -OCH3 is 1. The Balaban J connectivity index is 1.95. The maximum absolute atomic E-state index is 9.97. The van der Waals surface area contributed by atoms with Gasteiger partial charge in [0.15, 0.2) is 11.5 Å². The molecule has 0 radical (unpaired) electrons. The molecule has 1 spiro atoms. The molecule has 112 valence electrons. The Kier molecular flexibility index (Phi) is 2.81. The number of nitrogens with zero attached hydrogens (tertiary/aromatic N) is 1. The van der Waals surface area contributed by atoms with E-state index in [-0.39, 0.29) is 11.5 Å². The molecular weight excluding hydrogens is 266 g/mol. The van der Waals surface area contributed by atoms with Crippen molar-refractivity contribution in [1.82, 2.24) is 4.90 Å². The standard InChI is InChI=1S/C17H21NO3/c1-18-8-7-17-6-5-12(19)9-14(17)21-16-13(20-2)4-3-11(10-18)15(16)17/h3-6,12,14,19H,7-10H2,1-2H3/t12?,14?,17-/m1/s1. The summed E-state index contributed by atoms with van der Waals surface area (Å²) in [6.07, 6.45) is 5.38. The van der Waals surface area contributed by atoms with Crippen LogP contribution in [0.5, 0.6) is 11.5 Å². The topological polar surface area (TPSA) is 41.9 Å². The monoisotopic (exact) mass is 287 g/mol. The number of aliphatic hydroxyl groups excluding tert-OH is 1. The van der Waals surface area contributed by atoms with Gasteiger partial charge in [0.25, 0.3) is 0 Å². The smallest absolute Gasteiger partial charge is 0.166 e. The molecule has 4 heteroatoms. The Morgan fingerprint density at radius 3 is 3.10 bits per heavy atom. The Morgan fingerprint density at radius 1 is 1.43 bits per heavy atom. The lowest BCUT2D eigenvalue weighted by Gasteiger charge is -2.35. The number of hydrogen-bond donors (Lipinski definition) is 1. The minimum atomic E-state index is -0.412. The summed E-state index contributed by atoms with van der Waals surface area (Å²) in [5.41, 5.74) is 2.48. The first-order valence-electron chi connectivity index (χ1n) is 7.57. The van der Waals surface area contributed by atoms with Gasteiger partial charge in [-0.25, -0.2) is 0 Å². The van der Waals surface area contributed by atoms with E-state index >= 15 is 0 Å². The zero-order chi connectivity index (χ0) is 14.6. The molecule has 0 bridgehead atoms. The minimum Gasteiger partial charge on any atom is -0.493 e. The molecule has 3 aliphatic rings. The van der Waals surface area contributed by atoms with Crippen molar-refractivity contribution in [2.75, 3.05) is 20.7 Å². The molecule has 0 aromatic heterocycles. The van der Waals surface area contributed by atoms with E-state index in [0.29, 0.717) is 6.42 Å². The van der Waals surface area contributed by atoms with Crippen LogP contribution in [0.15, 0.2) is 24.3 Å². The highest BCUT2D eigenvalue weighted by Crippen LogP contribution is 2.55. The second-order valence-electron chi connectivity index (χ2n) is 6.43. The van der Waals surface area contributed by atoms with Crippen LogP contribution < -0.4 is 9.47 Å². The first-order chi connectivity index (χ1) is 10.1. The zero-order valence-corrected chi connectivity index (χ0v) is 12.5. The molecule has 0 amide bonds. The second-order valence-corrected chi connectivity index (χ2v) is 6.43. The summed E-state index contributed by atoms with van der Waals surface area (Å²) >= 11 is 0. The minimum absolute atomic E-state index is 0.00838. The molecule has 0 fully saturated rings. The molecule has 4 rings (SSSR count). The van der Waals surface area contributed by atoms with E-state index < -0.39 is 6.10 Å². The van der Waals surface area contributed by atoms with Crippen LogP contribution >= 0.6 is 0 Å². The molecule has 3 atom stereocenters. The van der Waals surface area contributed by atoms with Gasteiger partial charge < -0.3 is 19.5 Å². The number of hydrogen-bond acceptors (Lipinski definition) is 4. The fourth-order valence-electron chi connectivity index (χ4n) is 4.08. The van der Waals surface area contributed by atoms with Crippen molar-refractivity contribution in [3.05, 3.63) is 35.4 Å². The highest BCUT2D eigenvalue weighted by atomic mass is 16.5. The molecule has 1 aromatic carbocycles. The molecule has 1 aromatic rings. The van der Waals surface area contributed by atoms with E-state index in [2.05, 4.69) is 24.1 Å². The molecule has 2 unspecified atom stereocenters. The first-order valence-corrected chi connectivity index (χ1v) is 7.57. The molecule has 0 saturated heterocycles. The van der Waals surface area contributed by atoms with Gasteiger partial charge in [0.1, 0.15) is 6.10 Å². The second kappa shape index (κ2) is 4.49. The van der Waals surface area contributed by atoms with Crippen molar-refractivity contribution in [3.63, 3.8) is 0 Å².